The van der Waals surface area contributed by atoms with E-state index in [0.717, 1.165) is 31.4 Å². The van der Waals surface area contributed by atoms with Gasteiger partial charge in [0.15, 0.2) is 5.96 Å². The molecule has 1 saturated heterocycles. The number of guanidine groups is 1. The van der Waals surface area contributed by atoms with E-state index in [9.17, 15) is 0 Å². The summed E-state index contributed by atoms with van der Waals surface area (Å²) >= 11 is 0. The predicted octanol–water partition coefficient (Wildman–Crippen LogP) is 3.17. The van der Waals surface area contributed by atoms with Gasteiger partial charge in [0, 0.05) is 25.0 Å². The second kappa shape index (κ2) is 6.31. The highest BCUT2D eigenvalue weighted by molar-refractivity contribution is 5.80. The van der Waals surface area contributed by atoms with Gasteiger partial charge in [-0.25, -0.2) is 9.98 Å². The lowest BCUT2D eigenvalue weighted by molar-refractivity contribution is 0.367. The average molecular weight is 306 g/mol. The highest BCUT2D eigenvalue weighted by Gasteiger charge is 2.30. The van der Waals surface area contributed by atoms with Crippen LogP contribution in [0.25, 0.3) is 0 Å². The van der Waals surface area contributed by atoms with Gasteiger partial charge >= 0.3 is 0 Å². The summed E-state index contributed by atoms with van der Waals surface area (Å²) < 4.78 is 5.82. The van der Waals surface area contributed by atoms with Crippen molar-refractivity contribution in [3.8, 4) is 0 Å². The number of likely N-dealkylation sites (tertiary alicyclic amines) is 1. The van der Waals surface area contributed by atoms with Crippen molar-refractivity contribution in [2.45, 2.75) is 59.9 Å². The van der Waals surface area contributed by atoms with Crippen LogP contribution in [0.2, 0.25) is 0 Å². The predicted molar refractivity (Wildman–Crippen MR) is 90.0 cm³/mol. The third-order valence-electron chi connectivity index (χ3n) is 3.97. The fourth-order valence-corrected chi connectivity index (χ4v) is 2.59. The molecule has 1 aromatic heterocycles. The Morgan fingerprint density at radius 3 is 2.68 bits per heavy atom. The molecule has 1 aromatic rings. The third kappa shape index (κ3) is 4.24. The molecular formula is C17H30N4O. The Morgan fingerprint density at radius 2 is 2.18 bits per heavy atom. The Bertz CT molecular complexity index is 525. The topological polar surface area (TPSA) is 53.7 Å². The van der Waals surface area contributed by atoms with Crippen LogP contribution in [0.4, 0.5) is 0 Å². The SMILES string of the molecule is CCNC(=NCc1ncc(C(C)(C)C)o1)N1CCC(C)(C)C1. The maximum absolute atomic E-state index is 5.82. The van der Waals surface area contributed by atoms with Crippen molar-refractivity contribution >= 4 is 5.96 Å². The van der Waals surface area contributed by atoms with Gasteiger partial charge in [-0.05, 0) is 18.8 Å². The minimum atomic E-state index is -0.0154. The van der Waals surface area contributed by atoms with E-state index in [2.05, 4.69) is 56.7 Å². The molecule has 0 unspecified atom stereocenters. The molecule has 0 amide bonds. The van der Waals surface area contributed by atoms with E-state index in [1.807, 2.05) is 6.20 Å². The molecule has 2 rings (SSSR count). The molecule has 1 aliphatic heterocycles. The highest BCUT2D eigenvalue weighted by Crippen LogP contribution is 2.28. The average Bonchev–Trinajstić information content (AvgIpc) is 3.00. The Hall–Kier alpha value is -1.52. The largest absolute Gasteiger partial charge is 0.443 e. The van der Waals surface area contributed by atoms with E-state index in [-0.39, 0.29) is 5.41 Å². The van der Waals surface area contributed by atoms with Crippen LogP contribution in [0, 0.1) is 5.41 Å². The number of aliphatic imine (C=N–C) groups is 1. The summed E-state index contributed by atoms with van der Waals surface area (Å²) in [6, 6.07) is 0. The number of nitrogens with one attached hydrogen (secondary N) is 1. The van der Waals surface area contributed by atoms with Crippen LogP contribution < -0.4 is 5.32 Å². The number of aromatic nitrogens is 1. The Balaban J connectivity index is 2.06. The van der Waals surface area contributed by atoms with E-state index in [1.54, 1.807) is 0 Å². The van der Waals surface area contributed by atoms with Crippen LogP contribution in [0.1, 0.15) is 59.6 Å². The first-order chi connectivity index (χ1) is 10.2. The van der Waals surface area contributed by atoms with E-state index in [0.29, 0.717) is 17.9 Å². The second-order valence-corrected chi connectivity index (χ2v) is 7.87. The van der Waals surface area contributed by atoms with Gasteiger partial charge in [0.05, 0.1) is 6.20 Å². The molecule has 5 heteroatoms. The molecule has 0 radical (unpaired) electrons. The van der Waals surface area contributed by atoms with Crippen LogP contribution in [-0.2, 0) is 12.0 Å². The Morgan fingerprint density at radius 1 is 1.45 bits per heavy atom. The second-order valence-electron chi connectivity index (χ2n) is 7.87. The monoisotopic (exact) mass is 306 g/mol. The molecular weight excluding hydrogens is 276 g/mol. The summed E-state index contributed by atoms with van der Waals surface area (Å²) in [7, 11) is 0. The summed E-state index contributed by atoms with van der Waals surface area (Å²) in [5.74, 6) is 2.55. The van der Waals surface area contributed by atoms with Crippen LogP contribution in [0.5, 0.6) is 0 Å². The van der Waals surface area contributed by atoms with E-state index >= 15 is 0 Å². The molecule has 0 spiro atoms. The van der Waals surface area contributed by atoms with Crippen molar-refractivity contribution in [2.24, 2.45) is 10.4 Å². The maximum Gasteiger partial charge on any atom is 0.216 e. The van der Waals surface area contributed by atoms with E-state index in [4.69, 9.17) is 9.41 Å². The maximum atomic E-state index is 5.82. The molecule has 1 N–H and O–H groups in total. The zero-order valence-electron chi connectivity index (χ0n) is 14.9. The highest BCUT2D eigenvalue weighted by atomic mass is 16.4. The third-order valence-corrected chi connectivity index (χ3v) is 3.97. The number of nitrogens with zero attached hydrogens (tertiary/aromatic N) is 3. The van der Waals surface area contributed by atoms with Crippen molar-refractivity contribution < 1.29 is 4.42 Å². The first kappa shape index (κ1) is 16.8. The molecule has 22 heavy (non-hydrogen) atoms. The number of hydrogen-bond acceptors (Lipinski definition) is 3. The summed E-state index contributed by atoms with van der Waals surface area (Å²) in [5.41, 5.74) is 0.344. The van der Waals surface area contributed by atoms with Gasteiger partial charge in [0.1, 0.15) is 12.3 Å². The van der Waals surface area contributed by atoms with Gasteiger partial charge in [0.2, 0.25) is 5.89 Å². The minimum absolute atomic E-state index is 0.0154. The lowest BCUT2D eigenvalue weighted by Crippen LogP contribution is -2.40. The minimum Gasteiger partial charge on any atom is -0.443 e. The van der Waals surface area contributed by atoms with Gasteiger partial charge < -0.3 is 14.6 Å². The van der Waals surface area contributed by atoms with Gasteiger partial charge in [0.25, 0.3) is 0 Å². The number of hydrogen-bond donors (Lipinski definition) is 1. The van der Waals surface area contributed by atoms with Crippen LogP contribution in [-0.4, -0.2) is 35.5 Å². The van der Waals surface area contributed by atoms with Crippen molar-refractivity contribution in [3.05, 3.63) is 17.8 Å². The summed E-state index contributed by atoms with van der Waals surface area (Å²) in [6.07, 6.45) is 3.02. The molecule has 1 fully saturated rings. The zero-order chi connectivity index (χ0) is 16.4. The molecule has 5 nitrogen and oxygen atoms in total. The first-order valence-electron chi connectivity index (χ1n) is 8.20. The normalized spacial score (nSPS) is 18.8. The molecule has 0 bridgehead atoms. The van der Waals surface area contributed by atoms with Crippen molar-refractivity contribution in [1.29, 1.82) is 0 Å². The van der Waals surface area contributed by atoms with Crippen LogP contribution in [0.3, 0.4) is 0 Å². The molecule has 2 heterocycles. The molecule has 0 atom stereocenters. The zero-order valence-corrected chi connectivity index (χ0v) is 14.9. The number of oxazole rings is 1. The first-order valence-corrected chi connectivity index (χ1v) is 8.20. The van der Waals surface area contributed by atoms with Crippen LogP contribution >= 0.6 is 0 Å². The fourth-order valence-electron chi connectivity index (χ4n) is 2.59. The summed E-state index contributed by atoms with van der Waals surface area (Å²) in [4.78, 5) is 11.4. The molecule has 0 aromatic carbocycles. The Labute approximate surface area is 134 Å². The van der Waals surface area contributed by atoms with Crippen LogP contribution in [0.15, 0.2) is 15.6 Å². The van der Waals surface area contributed by atoms with Crippen molar-refractivity contribution in [2.75, 3.05) is 19.6 Å². The molecule has 124 valence electrons. The van der Waals surface area contributed by atoms with Gasteiger partial charge in [-0.2, -0.15) is 0 Å². The summed E-state index contributed by atoms with van der Waals surface area (Å²) in [6.45, 7) is 16.5. The smallest absolute Gasteiger partial charge is 0.216 e. The van der Waals surface area contributed by atoms with Crippen molar-refractivity contribution in [3.63, 3.8) is 0 Å². The Kier molecular flexibility index (Phi) is 4.83. The van der Waals surface area contributed by atoms with Gasteiger partial charge in [-0.1, -0.05) is 34.6 Å². The number of rotatable bonds is 3. The fraction of sp³-hybridized carbons (Fsp3) is 0.765. The molecule has 1 aliphatic rings. The van der Waals surface area contributed by atoms with Gasteiger partial charge in [-0.3, -0.25) is 0 Å². The quantitative estimate of drug-likeness (QED) is 0.688. The summed E-state index contributed by atoms with van der Waals surface area (Å²) in [5, 5.41) is 3.38. The van der Waals surface area contributed by atoms with E-state index in [1.165, 1.54) is 6.42 Å². The molecule has 0 saturated carbocycles. The lowest BCUT2D eigenvalue weighted by atomic mass is 9.93. The van der Waals surface area contributed by atoms with Crippen molar-refractivity contribution in [1.82, 2.24) is 15.2 Å². The van der Waals surface area contributed by atoms with Gasteiger partial charge in [-0.15, -0.1) is 0 Å². The lowest BCUT2D eigenvalue weighted by Gasteiger charge is -2.23. The molecule has 0 aliphatic carbocycles. The van der Waals surface area contributed by atoms with E-state index < -0.39 is 0 Å². The standard InChI is InChI=1S/C17H30N4O/c1-7-18-15(21-9-8-17(5,6)12-21)20-11-14-19-10-13(22-14)16(2,3)4/h10H,7-9,11-12H2,1-6H3,(H,18,20).